The van der Waals surface area contributed by atoms with E-state index < -0.39 is 0 Å². The molecule has 2 heterocycles. The highest BCUT2D eigenvalue weighted by molar-refractivity contribution is 7.80. The van der Waals surface area contributed by atoms with E-state index in [1.807, 2.05) is 0 Å². The molecule has 1 aromatic heterocycles. The number of halogens is 2. The molecule has 2 atom stereocenters. The zero-order valence-electron chi connectivity index (χ0n) is 15.4. The van der Waals surface area contributed by atoms with Crippen LogP contribution in [0.25, 0.3) is 0 Å². The molecule has 1 aliphatic heterocycles. The number of benzene rings is 1. The highest BCUT2D eigenvalue weighted by Crippen LogP contribution is 2.27. The molecule has 0 radical (unpaired) electrons. The Bertz CT molecular complexity index is 791. The molecule has 1 fully saturated rings. The summed E-state index contributed by atoms with van der Waals surface area (Å²) in [6.07, 6.45) is 1.22. The molecule has 8 heteroatoms. The van der Waals surface area contributed by atoms with E-state index >= 15 is 0 Å². The molecule has 2 N–H and O–H groups in total. The second-order valence-corrected chi connectivity index (χ2v) is 7.95. The number of nitrogens with zero attached hydrogens (tertiary/aromatic N) is 3. The molecule has 0 aliphatic carbocycles. The molecule has 2 unspecified atom stereocenters. The molecular formula is C19H23ClFN5S. The van der Waals surface area contributed by atoms with Gasteiger partial charge in [-0.25, -0.2) is 9.37 Å². The summed E-state index contributed by atoms with van der Waals surface area (Å²) in [5.74, 6) is 2.12. The summed E-state index contributed by atoms with van der Waals surface area (Å²) in [6, 6.07) is 8.03. The predicted molar refractivity (Wildman–Crippen MR) is 112 cm³/mol. The zero-order valence-corrected chi connectivity index (χ0v) is 16.9. The van der Waals surface area contributed by atoms with E-state index in [2.05, 4.69) is 39.3 Å². The van der Waals surface area contributed by atoms with Crippen LogP contribution in [0.4, 0.5) is 16.2 Å². The Kier molecular flexibility index (Phi) is 6.44. The summed E-state index contributed by atoms with van der Waals surface area (Å²) in [5, 5.41) is 6.79. The highest BCUT2D eigenvalue weighted by atomic mass is 35.5. The fourth-order valence-electron chi connectivity index (χ4n) is 3.40. The van der Waals surface area contributed by atoms with Gasteiger partial charge in [-0.05, 0) is 48.2 Å². The van der Waals surface area contributed by atoms with E-state index in [4.69, 9.17) is 23.8 Å². The Morgan fingerprint density at radius 3 is 2.56 bits per heavy atom. The van der Waals surface area contributed by atoms with Crippen LogP contribution < -0.4 is 15.5 Å². The second kappa shape index (κ2) is 8.80. The number of piperidine rings is 1. The Balaban J connectivity index is 1.63. The minimum atomic E-state index is -0.263. The van der Waals surface area contributed by atoms with E-state index in [-0.39, 0.29) is 5.82 Å². The Hall–Kier alpha value is -1.99. The van der Waals surface area contributed by atoms with Gasteiger partial charge in [-0.1, -0.05) is 37.6 Å². The minimum absolute atomic E-state index is 0.263. The number of nitrogens with one attached hydrogen (secondary N) is 2. The number of hydrogen-bond acceptors (Lipinski definition) is 4. The van der Waals surface area contributed by atoms with E-state index in [0.717, 1.165) is 24.5 Å². The summed E-state index contributed by atoms with van der Waals surface area (Å²) in [5.41, 5.74) is 0.921. The first-order valence-corrected chi connectivity index (χ1v) is 9.76. The lowest BCUT2D eigenvalue weighted by Crippen LogP contribution is -2.39. The topological polar surface area (TPSA) is 53.1 Å². The standard InChI is InChI=1S/C19H23ClFN5S/c1-12-7-13(2)11-26(10-12)17-8-16(20)23-18(24-17)25-19(27)22-9-14-3-5-15(21)6-4-14/h3-6,8,12-13H,7,9-11H2,1-2H3,(H2,22,23,24,25,27). The van der Waals surface area contributed by atoms with Crippen molar-refractivity contribution in [3.05, 3.63) is 46.9 Å². The van der Waals surface area contributed by atoms with Gasteiger partial charge in [0.2, 0.25) is 5.95 Å². The lowest BCUT2D eigenvalue weighted by Gasteiger charge is -2.35. The van der Waals surface area contributed by atoms with Crippen molar-refractivity contribution in [3.63, 3.8) is 0 Å². The summed E-state index contributed by atoms with van der Waals surface area (Å²) < 4.78 is 13.0. The van der Waals surface area contributed by atoms with Crippen LogP contribution >= 0.6 is 23.8 Å². The maximum Gasteiger partial charge on any atom is 0.232 e. The van der Waals surface area contributed by atoms with Crippen LogP contribution in [0.1, 0.15) is 25.8 Å². The number of aromatic nitrogens is 2. The van der Waals surface area contributed by atoms with E-state index in [0.29, 0.717) is 34.6 Å². The molecule has 1 aliphatic rings. The summed E-state index contributed by atoms with van der Waals surface area (Å²) in [7, 11) is 0. The minimum Gasteiger partial charge on any atom is -0.358 e. The van der Waals surface area contributed by atoms with Gasteiger partial charge in [-0.15, -0.1) is 0 Å². The summed E-state index contributed by atoms with van der Waals surface area (Å²) in [6.45, 7) is 6.87. The predicted octanol–water partition coefficient (Wildman–Crippen LogP) is 4.24. The van der Waals surface area contributed by atoms with Crippen molar-refractivity contribution in [2.75, 3.05) is 23.3 Å². The molecule has 5 nitrogen and oxygen atoms in total. The summed E-state index contributed by atoms with van der Waals surface area (Å²) in [4.78, 5) is 11.0. The van der Waals surface area contributed by atoms with Gasteiger partial charge in [0, 0.05) is 25.7 Å². The lowest BCUT2D eigenvalue weighted by molar-refractivity contribution is 0.355. The number of anilines is 2. The first-order valence-electron chi connectivity index (χ1n) is 8.98. The molecule has 0 saturated carbocycles. The van der Waals surface area contributed by atoms with Crippen molar-refractivity contribution in [3.8, 4) is 0 Å². The van der Waals surface area contributed by atoms with E-state index in [9.17, 15) is 4.39 Å². The zero-order chi connectivity index (χ0) is 19.4. The normalized spacial score (nSPS) is 19.6. The quantitative estimate of drug-likeness (QED) is 0.584. The second-order valence-electron chi connectivity index (χ2n) is 7.16. The Labute approximate surface area is 169 Å². The molecular weight excluding hydrogens is 385 g/mol. The van der Waals surface area contributed by atoms with Crippen LogP contribution in [0, 0.1) is 17.7 Å². The molecule has 0 amide bonds. The highest BCUT2D eigenvalue weighted by Gasteiger charge is 2.23. The van der Waals surface area contributed by atoms with Gasteiger partial charge < -0.3 is 15.5 Å². The van der Waals surface area contributed by atoms with Crippen molar-refractivity contribution >= 4 is 40.7 Å². The largest absolute Gasteiger partial charge is 0.358 e. The number of rotatable bonds is 4. The van der Waals surface area contributed by atoms with Crippen LogP contribution in [0.2, 0.25) is 5.15 Å². The van der Waals surface area contributed by atoms with Gasteiger partial charge in [0.1, 0.15) is 16.8 Å². The van der Waals surface area contributed by atoms with Crippen molar-refractivity contribution in [2.45, 2.75) is 26.8 Å². The Morgan fingerprint density at radius 2 is 1.89 bits per heavy atom. The maximum absolute atomic E-state index is 13.0. The van der Waals surface area contributed by atoms with Crippen LogP contribution in [-0.2, 0) is 6.54 Å². The van der Waals surface area contributed by atoms with Gasteiger partial charge in [0.25, 0.3) is 0 Å². The monoisotopic (exact) mass is 407 g/mol. The third-order valence-electron chi connectivity index (χ3n) is 4.47. The average Bonchev–Trinajstić information content (AvgIpc) is 2.60. The van der Waals surface area contributed by atoms with Crippen LogP contribution in [-0.4, -0.2) is 28.2 Å². The van der Waals surface area contributed by atoms with Crippen molar-refractivity contribution in [2.24, 2.45) is 11.8 Å². The third kappa shape index (κ3) is 5.74. The van der Waals surface area contributed by atoms with E-state index in [1.54, 1.807) is 18.2 Å². The number of hydrogen-bond donors (Lipinski definition) is 2. The molecule has 2 aromatic rings. The fourth-order valence-corrected chi connectivity index (χ4v) is 3.75. The van der Waals surface area contributed by atoms with Crippen LogP contribution in [0.15, 0.2) is 30.3 Å². The van der Waals surface area contributed by atoms with Gasteiger partial charge >= 0.3 is 0 Å². The van der Waals surface area contributed by atoms with Crippen molar-refractivity contribution < 1.29 is 4.39 Å². The maximum atomic E-state index is 13.0. The van der Waals surface area contributed by atoms with Gasteiger partial charge in [-0.2, -0.15) is 4.98 Å². The Morgan fingerprint density at radius 1 is 1.22 bits per heavy atom. The lowest BCUT2D eigenvalue weighted by atomic mass is 9.92. The summed E-state index contributed by atoms with van der Waals surface area (Å²) >= 11 is 11.5. The smallest absolute Gasteiger partial charge is 0.232 e. The fraction of sp³-hybridized carbons (Fsp3) is 0.421. The van der Waals surface area contributed by atoms with Gasteiger partial charge in [0.05, 0.1) is 0 Å². The molecule has 1 saturated heterocycles. The van der Waals surface area contributed by atoms with Gasteiger partial charge in [-0.3, -0.25) is 0 Å². The first kappa shape index (κ1) is 19.8. The molecule has 3 rings (SSSR count). The van der Waals surface area contributed by atoms with Crippen LogP contribution in [0.3, 0.4) is 0 Å². The molecule has 27 heavy (non-hydrogen) atoms. The van der Waals surface area contributed by atoms with E-state index in [1.165, 1.54) is 18.6 Å². The number of thiocarbonyl (C=S) groups is 1. The molecule has 0 spiro atoms. The molecule has 0 bridgehead atoms. The average molecular weight is 408 g/mol. The van der Waals surface area contributed by atoms with Crippen LogP contribution in [0.5, 0.6) is 0 Å². The first-order chi connectivity index (χ1) is 12.9. The van der Waals surface area contributed by atoms with Gasteiger partial charge in [0.15, 0.2) is 5.11 Å². The molecule has 1 aromatic carbocycles. The van der Waals surface area contributed by atoms with Crippen molar-refractivity contribution in [1.29, 1.82) is 0 Å². The SMILES string of the molecule is CC1CC(C)CN(c2cc(Cl)nc(NC(=S)NCc3ccc(F)cc3)n2)C1. The third-order valence-corrected chi connectivity index (χ3v) is 4.91. The van der Waals surface area contributed by atoms with Crippen molar-refractivity contribution in [1.82, 2.24) is 15.3 Å². The molecule has 144 valence electrons.